The minimum absolute atomic E-state index is 0.972. The Morgan fingerprint density at radius 2 is 1.25 bits per heavy atom. The minimum atomic E-state index is 0.972. The molecule has 2 nitrogen and oxygen atoms in total. The van der Waals surface area contributed by atoms with E-state index in [0.29, 0.717) is 0 Å². The standard InChI is InChI=1S/C11H16O.C9H12O.C2H6/c1-5-10-6-9(3)11(12-4)7-8(10)2;1-7-4-5-8(2)9(6-7)10-3;1-2/h6-7H,5H2,1-4H3;4-6H,1-3H3;1-2H3. The van der Waals surface area contributed by atoms with Crippen LogP contribution in [0.15, 0.2) is 30.3 Å². The molecule has 0 N–H and O–H groups in total. The van der Waals surface area contributed by atoms with Crippen LogP contribution in [0.5, 0.6) is 11.5 Å². The molecule has 2 aromatic rings. The van der Waals surface area contributed by atoms with Gasteiger partial charge in [0.25, 0.3) is 0 Å². The highest BCUT2D eigenvalue weighted by molar-refractivity contribution is 5.41. The molecule has 2 heteroatoms. The Morgan fingerprint density at radius 3 is 1.71 bits per heavy atom. The number of methoxy groups -OCH3 is 2. The van der Waals surface area contributed by atoms with Crippen molar-refractivity contribution in [1.82, 2.24) is 0 Å². The summed E-state index contributed by atoms with van der Waals surface area (Å²) in [7, 11) is 3.41. The summed E-state index contributed by atoms with van der Waals surface area (Å²) in [4.78, 5) is 0. The van der Waals surface area contributed by atoms with Crippen LogP contribution in [0.3, 0.4) is 0 Å². The molecule has 0 saturated heterocycles. The van der Waals surface area contributed by atoms with Crippen molar-refractivity contribution in [2.24, 2.45) is 0 Å². The zero-order valence-electron chi connectivity index (χ0n) is 16.9. The third-order valence-electron chi connectivity index (χ3n) is 3.80. The number of rotatable bonds is 3. The van der Waals surface area contributed by atoms with Gasteiger partial charge in [-0.25, -0.2) is 0 Å². The van der Waals surface area contributed by atoms with Gasteiger partial charge in [0.2, 0.25) is 0 Å². The first kappa shape index (κ1) is 22.0. The van der Waals surface area contributed by atoms with E-state index in [9.17, 15) is 0 Å². The normalized spacial score (nSPS) is 9.21. The Kier molecular flexibility index (Phi) is 10.6. The van der Waals surface area contributed by atoms with Gasteiger partial charge in [-0.1, -0.05) is 39.0 Å². The first-order valence-electron chi connectivity index (χ1n) is 8.68. The van der Waals surface area contributed by atoms with Crippen molar-refractivity contribution in [1.29, 1.82) is 0 Å². The van der Waals surface area contributed by atoms with Crippen LogP contribution in [0, 0.1) is 27.7 Å². The van der Waals surface area contributed by atoms with Gasteiger partial charge in [-0.2, -0.15) is 0 Å². The molecule has 0 aliphatic carbocycles. The molecule has 0 heterocycles. The molecule has 0 aromatic heterocycles. The van der Waals surface area contributed by atoms with Crippen molar-refractivity contribution in [2.45, 2.75) is 54.9 Å². The predicted molar refractivity (Wildman–Crippen MR) is 106 cm³/mol. The maximum atomic E-state index is 5.23. The van der Waals surface area contributed by atoms with E-state index >= 15 is 0 Å². The van der Waals surface area contributed by atoms with E-state index in [2.05, 4.69) is 52.0 Å². The second-order valence-electron chi connectivity index (χ2n) is 5.57. The summed E-state index contributed by atoms with van der Waals surface area (Å²) in [6.07, 6.45) is 1.09. The zero-order chi connectivity index (χ0) is 18.7. The smallest absolute Gasteiger partial charge is 0.122 e. The van der Waals surface area contributed by atoms with E-state index < -0.39 is 0 Å². The molecule has 0 bridgehead atoms. The van der Waals surface area contributed by atoms with Crippen molar-refractivity contribution in [2.75, 3.05) is 14.2 Å². The highest BCUT2D eigenvalue weighted by Crippen LogP contribution is 2.22. The first-order valence-corrected chi connectivity index (χ1v) is 8.68. The van der Waals surface area contributed by atoms with Gasteiger partial charge in [0, 0.05) is 0 Å². The molecule has 0 unspecified atom stereocenters. The first-order chi connectivity index (χ1) is 11.4. The van der Waals surface area contributed by atoms with Gasteiger partial charge in [-0.05, 0) is 74.1 Å². The zero-order valence-corrected chi connectivity index (χ0v) is 16.9. The molecule has 0 fully saturated rings. The van der Waals surface area contributed by atoms with Crippen LogP contribution < -0.4 is 9.47 Å². The maximum absolute atomic E-state index is 5.23. The molecule has 0 aliphatic heterocycles. The van der Waals surface area contributed by atoms with Gasteiger partial charge in [0.1, 0.15) is 11.5 Å². The van der Waals surface area contributed by atoms with E-state index in [0.717, 1.165) is 17.9 Å². The summed E-state index contributed by atoms with van der Waals surface area (Å²) in [5.41, 5.74) is 6.38. The van der Waals surface area contributed by atoms with E-state index in [-0.39, 0.29) is 0 Å². The van der Waals surface area contributed by atoms with Gasteiger partial charge < -0.3 is 9.47 Å². The third-order valence-corrected chi connectivity index (χ3v) is 3.80. The predicted octanol–water partition coefficient (Wildman–Crippen LogP) is 6.21. The Labute approximate surface area is 148 Å². The van der Waals surface area contributed by atoms with E-state index in [1.165, 1.54) is 27.8 Å². The molecule has 24 heavy (non-hydrogen) atoms. The lowest BCUT2D eigenvalue weighted by atomic mass is 10.0. The molecule has 0 radical (unpaired) electrons. The number of aryl methyl sites for hydroxylation is 5. The summed E-state index contributed by atoms with van der Waals surface area (Å²) in [5, 5.41) is 0. The Morgan fingerprint density at radius 1 is 0.708 bits per heavy atom. The van der Waals surface area contributed by atoms with Gasteiger partial charge in [0.15, 0.2) is 0 Å². The fraction of sp³-hybridized carbons (Fsp3) is 0.455. The van der Waals surface area contributed by atoms with E-state index in [1.807, 2.05) is 26.8 Å². The van der Waals surface area contributed by atoms with E-state index in [1.54, 1.807) is 14.2 Å². The Bertz CT molecular complexity index is 586. The molecule has 0 atom stereocenters. The highest BCUT2D eigenvalue weighted by Gasteiger charge is 2.02. The van der Waals surface area contributed by atoms with Crippen molar-refractivity contribution in [3.8, 4) is 11.5 Å². The van der Waals surface area contributed by atoms with Crippen LogP contribution in [-0.2, 0) is 6.42 Å². The molecule has 0 aliphatic rings. The molecule has 134 valence electrons. The largest absolute Gasteiger partial charge is 0.496 e. The second-order valence-corrected chi connectivity index (χ2v) is 5.57. The van der Waals surface area contributed by atoms with Crippen molar-refractivity contribution in [3.05, 3.63) is 58.1 Å². The minimum Gasteiger partial charge on any atom is -0.496 e. The summed E-state index contributed by atoms with van der Waals surface area (Å²) >= 11 is 0. The van der Waals surface area contributed by atoms with Crippen molar-refractivity contribution >= 4 is 0 Å². The summed E-state index contributed by atoms with van der Waals surface area (Å²) < 4.78 is 10.4. The summed E-state index contributed by atoms with van der Waals surface area (Å²) in [6.45, 7) is 14.5. The van der Waals surface area contributed by atoms with Gasteiger partial charge >= 0.3 is 0 Å². The topological polar surface area (TPSA) is 18.5 Å². The average molecular weight is 331 g/mol. The monoisotopic (exact) mass is 330 g/mol. The lowest BCUT2D eigenvalue weighted by molar-refractivity contribution is 0.411. The summed E-state index contributed by atoms with van der Waals surface area (Å²) in [6, 6.07) is 10.5. The van der Waals surface area contributed by atoms with Crippen molar-refractivity contribution < 1.29 is 9.47 Å². The Balaban J connectivity index is 0.000000405. The number of benzene rings is 2. The lowest BCUT2D eigenvalue weighted by Crippen LogP contribution is -1.92. The highest BCUT2D eigenvalue weighted by atomic mass is 16.5. The van der Waals surface area contributed by atoms with Gasteiger partial charge in [-0.3, -0.25) is 0 Å². The van der Waals surface area contributed by atoms with Crippen LogP contribution in [-0.4, -0.2) is 14.2 Å². The number of hydrogen-bond donors (Lipinski definition) is 0. The maximum Gasteiger partial charge on any atom is 0.122 e. The molecule has 2 aromatic carbocycles. The second kappa shape index (κ2) is 11.6. The van der Waals surface area contributed by atoms with Crippen LogP contribution >= 0.6 is 0 Å². The van der Waals surface area contributed by atoms with Crippen molar-refractivity contribution in [3.63, 3.8) is 0 Å². The molecule has 2 rings (SSSR count). The third kappa shape index (κ3) is 6.66. The molecular formula is C22H34O2. The number of hydrogen-bond acceptors (Lipinski definition) is 2. The van der Waals surface area contributed by atoms with Crippen LogP contribution in [0.4, 0.5) is 0 Å². The fourth-order valence-corrected chi connectivity index (χ4v) is 2.38. The van der Waals surface area contributed by atoms with Gasteiger partial charge in [0.05, 0.1) is 14.2 Å². The van der Waals surface area contributed by atoms with Crippen LogP contribution in [0.25, 0.3) is 0 Å². The molecule has 0 saturated carbocycles. The van der Waals surface area contributed by atoms with Crippen LogP contribution in [0.1, 0.15) is 48.6 Å². The number of ether oxygens (including phenoxy) is 2. The fourth-order valence-electron chi connectivity index (χ4n) is 2.38. The quantitative estimate of drug-likeness (QED) is 0.666. The lowest BCUT2D eigenvalue weighted by Gasteiger charge is -2.09. The van der Waals surface area contributed by atoms with Crippen LogP contribution in [0.2, 0.25) is 0 Å². The van der Waals surface area contributed by atoms with Gasteiger partial charge in [-0.15, -0.1) is 0 Å². The Hall–Kier alpha value is -1.96. The SMILES string of the molecule is CC.CCc1cc(C)c(OC)cc1C.COc1cc(C)ccc1C. The average Bonchev–Trinajstić information content (AvgIpc) is 2.60. The molecule has 0 amide bonds. The van der Waals surface area contributed by atoms with E-state index in [4.69, 9.17) is 9.47 Å². The molecule has 0 spiro atoms. The summed E-state index contributed by atoms with van der Waals surface area (Å²) in [5.74, 6) is 1.96. The molecular weight excluding hydrogens is 296 g/mol.